The number of halogens is 1. The molecule has 118 valence electrons. The van der Waals surface area contributed by atoms with Crippen LogP contribution in [0.2, 0.25) is 0 Å². The van der Waals surface area contributed by atoms with Crippen molar-refractivity contribution >= 4 is 34.6 Å². The number of thiazole rings is 1. The van der Waals surface area contributed by atoms with Crippen LogP contribution in [0.25, 0.3) is 0 Å². The highest BCUT2D eigenvalue weighted by molar-refractivity contribution is 7.71. The molecule has 2 N–H and O–H groups in total. The van der Waals surface area contributed by atoms with E-state index in [0.29, 0.717) is 21.9 Å². The lowest BCUT2D eigenvalue weighted by atomic mass is 10.2. The Morgan fingerprint density at radius 2 is 2.17 bits per heavy atom. The predicted octanol–water partition coefficient (Wildman–Crippen LogP) is 2.92. The van der Waals surface area contributed by atoms with Gasteiger partial charge >= 0.3 is 0 Å². The first-order chi connectivity index (χ1) is 11.0. The van der Waals surface area contributed by atoms with Gasteiger partial charge in [-0.05, 0) is 36.5 Å². The fourth-order valence-corrected chi connectivity index (χ4v) is 2.77. The summed E-state index contributed by atoms with van der Waals surface area (Å²) in [7, 11) is 1.82. The number of benzene rings is 1. The van der Waals surface area contributed by atoms with E-state index >= 15 is 0 Å². The highest BCUT2D eigenvalue weighted by atomic mass is 32.1. The number of nitrogens with one attached hydrogen (secondary N) is 2. The Kier molecular flexibility index (Phi) is 4.30. The first-order valence-electron chi connectivity index (χ1n) is 6.64. The van der Waals surface area contributed by atoms with Crippen LogP contribution < -0.4 is 5.32 Å². The summed E-state index contributed by atoms with van der Waals surface area (Å²) < 4.78 is 15.2. The zero-order valence-corrected chi connectivity index (χ0v) is 13.7. The van der Waals surface area contributed by atoms with Gasteiger partial charge in [-0.1, -0.05) is 0 Å². The van der Waals surface area contributed by atoms with Gasteiger partial charge in [0.15, 0.2) is 9.90 Å². The lowest BCUT2D eigenvalue weighted by Gasteiger charge is -2.01. The second-order valence-electron chi connectivity index (χ2n) is 4.79. The van der Waals surface area contributed by atoms with Crippen LogP contribution >= 0.6 is 23.6 Å². The molecule has 23 heavy (non-hydrogen) atoms. The first kappa shape index (κ1) is 15.5. The summed E-state index contributed by atoms with van der Waals surface area (Å²) in [4.78, 5) is 16.4. The molecule has 0 saturated heterocycles. The molecule has 9 heteroatoms. The average molecular weight is 349 g/mol. The lowest BCUT2D eigenvalue weighted by Crippen LogP contribution is -2.11. The van der Waals surface area contributed by atoms with Gasteiger partial charge in [-0.3, -0.25) is 15.2 Å². The number of nitrogens with zero attached hydrogens (tertiary/aromatic N) is 3. The summed E-state index contributed by atoms with van der Waals surface area (Å²) in [6, 6.07) is 5.33. The Balaban J connectivity index is 1.69. The smallest absolute Gasteiger partial charge is 0.257 e. The number of hydrogen-bond donors (Lipinski definition) is 2. The van der Waals surface area contributed by atoms with Gasteiger partial charge in [0.2, 0.25) is 0 Å². The van der Waals surface area contributed by atoms with Crippen molar-refractivity contribution < 1.29 is 9.18 Å². The molecule has 0 unspecified atom stereocenters. The number of amides is 1. The maximum atomic E-state index is 12.9. The Morgan fingerprint density at radius 1 is 1.43 bits per heavy atom. The van der Waals surface area contributed by atoms with E-state index in [-0.39, 0.29) is 11.7 Å². The summed E-state index contributed by atoms with van der Waals surface area (Å²) in [6.45, 7) is 0. The van der Waals surface area contributed by atoms with Gasteiger partial charge in [0, 0.05) is 18.0 Å². The Morgan fingerprint density at radius 3 is 2.83 bits per heavy atom. The van der Waals surface area contributed by atoms with Crippen LogP contribution in [0, 0.1) is 10.6 Å². The highest BCUT2D eigenvalue weighted by Gasteiger charge is 2.11. The van der Waals surface area contributed by atoms with E-state index in [4.69, 9.17) is 12.2 Å². The molecule has 0 aliphatic carbocycles. The van der Waals surface area contributed by atoms with Crippen molar-refractivity contribution in [3.05, 3.63) is 57.3 Å². The molecule has 1 aromatic carbocycles. The molecule has 3 aromatic rings. The third-order valence-electron chi connectivity index (χ3n) is 3.19. The SMILES string of the molecule is Cn1c(Cc2csc(NC(=O)c3ccc(F)cc3)n2)n[nH]c1=S. The zero-order chi connectivity index (χ0) is 16.4. The molecule has 0 atom stereocenters. The molecule has 0 aliphatic heterocycles. The predicted molar refractivity (Wildman–Crippen MR) is 87.7 cm³/mol. The number of aromatic nitrogens is 4. The summed E-state index contributed by atoms with van der Waals surface area (Å²) in [5, 5.41) is 11.9. The lowest BCUT2D eigenvalue weighted by molar-refractivity contribution is 0.102. The van der Waals surface area contributed by atoms with E-state index in [9.17, 15) is 9.18 Å². The van der Waals surface area contributed by atoms with Gasteiger partial charge < -0.3 is 4.57 Å². The largest absolute Gasteiger partial charge is 0.307 e. The van der Waals surface area contributed by atoms with Gasteiger partial charge in [-0.15, -0.1) is 11.3 Å². The number of carbonyl (C=O) groups is 1. The molecule has 0 aliphatic rings. The van der Waals surface area contributed by atoms with Crippen molar-refractivity contribution in [2.24, 2.45) is 7.05 Å². The van der Waals surface area contributed by atoms with E-state index in [0.717, 1.165) is 11.5 Å². The summed E-state index contributed by atoms with van der Waals surface area (Å²) in [6.07, 6.45) is 0.507. The number of H-pyrrole nitrogens is 1. The van der Waals surface area contributed by atoms with E-state index in [1.165, 1.54) is 35.6 Å². The normalized spacial score (nSPS) is 10.7. The molecule has 0 bridgehead atoms. The summed E-state index contributed by atoms with van der Waals surface area (Å²) in [5.41, 5.74) is 1.15. The van der Waals surface area contributed by atoms with Crippen molar-refractivity contribution in [2.45, 2.75) is 6.42 Å². The van der Waals surface area contributed by atoms with E-state index in [1.807, 2.05) is 12.4 Å². The molecule has 2 heterocycles. The third kappa shape index (κ3) is 3.51. The van der Waals surface area contributed by atoms with Crippen molar-refractivity contribution in [3.63, 3.8) is 0 Å². The van der Waals surface area contributed by atoms with Crippen LogP contribution in [0.3, 0.4) is 0 Å². The van der Waals surface area contributed by atoms with Crippen molar-refractivity contribution in [1.29, 1.82) is 0 Å². The second kappa shape index (κ2) is 6.39. The van der Waals surface area contributed by atoms with Crippen LogP contribution in [-0.2, 0) is 13.5 Å². The van der Waals surface area contributed by atoms with Gasteiger partial charge in [-0.2, -0.15) is 5.10 Å². The molecular formula is C14H12FN5OS2. The third-order valence-corrected chi connectivity index (χ3v) is 4.36. The van der Waals surface area contributed by atoms with Crippen molar-refractivity contribution in [2.75, 3.05) is 5.32 Å². The Bertz CT molecular complexity index is 897. The molecule has 3 rings (SSSR count). The minimum absolute atomic E-state index is 0.330. The quantitative estimate of drug-likeness (QED) is 0.710. The minimum Gasteiger partial charge on any atom is -0.307 e. The summed E-state index contributed by atoms with van der Waals surface area (Å²) >= 11 is 6.38. The van der Waals surface area contributed by atoms with Crippen molar-refractivity contribution in [3.8, 4) is 0 Å². The van der Waals surface area contributed by atoms with Crippen molar-refractivity contribution in [1.82, 2.24) is 19.7 Å². The molecular weight excluding hydrogens is 337 g/mol. The molecule has 0 radical (unpaired) electrons. The van der Waals surface area contributed by atoms with Gasteiger partial charge in [-0.25, -0.2) is 9.37 Å². The molecule has 0 saturated carbocycles. The van der Waals surface area contributed by atoms with Gasteiger partial charge in [0.25, 0.3) is 5.91 Å². The number of anilines is 1. The Hall–Kier alpha value is -2.39. The monoisotopic (exact) mass is 349 g/mol. The van der Waals surface area contributed by atoms with Crippen LogP contribution in [0.15, 0.2) is 29.6 Å². The maximum Gasteiger partial charge on any atom is 0.257 e. The summed E-state index contributed by atoms with van der Waals surface area (Å²) in [5.74, 6) is 0.0480. The second-order valence-corrected chi connectivity index (χ2v) is 6.03. The molecule has 2 aromatic heterocycles. The fraction of sp³-hybridized carbons (Fsp3) is 0.143. The minimum atomic E-state index is -0.383. The molecule has 0 spiro atoms. The number of carbonyl (C=O) groups excluding carboxylic acids is 1. The van der Waals surface area contributed by atoms with Crippen LogP contribution in [0.4, 0.5) is 9.52 Å². The van der Waals surface area contributed by atoms with E-state index in [1.54, 1.807) is 4.57 Å². The molecule has 1 amide bonds. The van der Waals surface area contributed by atoms with Crippen LogP contribution in [-0.4, -0.2) is 25.7 Å². The number of rotatable bonds is 4. The molecule has 6 nitrogen and oxygen atoms in total. The van der Waals surface area contributed by atoms with Gasteiger partial charge in [0.05, 0.1) is 12.1 Å². The zero-order valence-electron chi connectivity index (χ0n) is 12.0. The van der Waals surface area contributed by atoms with E-state index in [2.05, 4.69) is 20.5 Å². The Labute approximate surface area is 140 Å². The van der Waals surface area contributed by atoms with Crippen LogP contribution in [0.5, 0.6) is 0 Å². The standard InChI is InChI=1S/C14H12FN5OS2/c1-20-11(18-19-14(20)22)6-10-7-23-13(16-10)17-12(21)8-2-4-9(15)5-3-8/h2-5,7H,6H2,1H3,(H,19,22)(H,16,17,21). The maximum absolute atomic E-state index is 12.9. The van der Waals surface area contributed by atoms with Crippen LogP contribution in [0.1, 0.15) is 21.9 Å². The fourth-order valence-electron chi connectivity index (χ4n) is 1.92. The van der Waals surface area contributed by atoms with E-state index < -0.39 is 0 Å². The highest BCUT2D eigenvalue weighted by Crippen LogP contribution is 2.18. The topological polar surface area (TPSA) is 75.6 Å². The first-order valence-corrected chi connectivity index (χ1v) is 7.93. The van der Waals surface area contributed by atoms with Gasteiger partial charge in [0.1, 0.15) is 11.6 Å². The number of hydrogen-bond acceptors (Lipinski definition) is 5. The number of aromatic amines is 1. The molecule has 0 fully saturated rings. The average Bonchev–Trinajstić information content (AvgIpc) is 3.10.